The van der Waals surface area contributed by atoms with E-state index >= 15 is 0 Å². The predicted molar refractivity (Wildman–Crippen MR) is 55.5 cm³/mol. The first-order valence-electron chi connectivity index (χ1n) is 5.35. The lowest BCUT2D eigenvalue weighted by Gasteiger charge is -2.18. The van der Waals surface area contributed by atoms with Gasteiger partial charge in [-0.25, -0.2) is 0 Å². The van der Waals surface area contributed by atoms with Crippen LogP contribution in [-0.4, -0.2) is 23.9 Å². The van der Waals surface area contributed by atoms with Crippen molar-refractivity contribution in [3.05, 3.63) is 6.92 Å². The Labute approximate surface area is 82.3 Å². The maximum Gasteiger partial charge on any atom is 0.0831 e. The fourth-order valence-electron chi connectivity index (χ4n) is 1.26. The highest BCUT2D eigenvalue weighted by Crippen LogP contribution is 2.06. The van der Waals surface area contributed by atoms with E-state index in [4.69, 9.17) is 4.74 Å². The van der Waals surface area contributed by atoms with Gasteiger partial charge in [0.15, 0.2) is 0 Å². The largest absolute Gasteiger partial charge is 0.390 e. The predicted octanol–water partition coefficient (Wildman–Crippen LogP) is 2.56. The summed E-state index contributed by atoms with van der Waals surface area (Å²) in [6.45, 7) is 8.51. The minimum atomic E-state index is -0.587. The van der Waals surface area contributed by atoms with Crippen molar-refractivity contribution < 1.29 is 9.84 Å². The maximum atomic E-state index is 9.18. The van der Waals surface area contributed by atoms with Crippen LogP contribution in [0.25, 0.3) is 0 Å². The topological polar surface area (TPSA) is 29.5 Å². The van der Waals surface area contributed by atoms with E-state index in [1.807, 2.05) is 6.92 Å². The van der Waals surface area contributed by atoms with Gasteiger partial charge >= 0.3 is 0 Å². The Bertz CT molecular complexity index is 102. The fraction of sp³-hybridized carbons (Fsp3) is 0.909. The number of aliphatic hydroxyl groups is 1. The third-order valence-corrected chi connectivity index (χ3v) is 2.16. The molecule has 0 aromatic carbocycles. The molecule has 79 valence electrons. The number of hydrogen-bond donors (Lipinski definition) is 1. The third-order valence-electron chi connectivity index (χ3n) is 2.16. The number of hydrogen-bond acceptors (Lipinski definition) is 2. The molecule has 0 fully saturated rings. The Balaban J connectivity index is 3.28. The van der Waals surface area contributed by atoms with Crippen molar-refractivity contribution in [1.82, 2.24) is 0 Å². The minimum Gasteiger partial charge on any atom is -0.390 e. The molecule has 0 saturated carbocycles. The summed E-state index contributed by atoms with van der Waals surface area (Å²) in [5.74, 6) is 0. The van der Waals surface area contributed by atoms with Crippen molar-refractivity contribution in [1.29, 1.82) is 0 Å². The molecule has 0 amide bonds. The molecule has 0 aromatic rings. The van der Waals surface area contributed by atoms with E-state index in [0.717, 1.165) is 19.4 Å². The van der Waals surface area contributed by atoms with E-state index in [1.165, 1.54) is 19.3 Å². The molecule has 2 unspecified atom stereocenters. The van der Waals surface area contributed by atoms with Gasteiger partial charge in [-0.15, -0.1) is 0 Å². The van der Waals surface area contributed by atoms with Gasteiger partial charge in [0, 0.05) is 6.61 Å². The van der Waals surface area contributed by atoms with Gasteiger partial charge in [0.2, 0.25) is 0 Å². The number of aliphatic hydroxyl groups excluding tert-OH is 1. The molecule has 2 heteroatoms. The molecule has 2 nitrogen and oxygen atoms in total. The molecule has 0 heterocycles. The van der Waals surface area contributed by atoms with Gasteiger partial charge in [-0.3, -0.25) is 0 Å². The van der Waals surface area contributed by atoms with E-state index in [9.17, 15) is 5.11 Å². The molecule has 13 heavy (non-hydrogen) atoms. The molecule has 0 bridgehead atoms. The lowest BCUT2D eigenvalue weighted by molar-refractivity contribution is -0.0216. The first kappa shape index (κ1) is 12.9. The quantitative estimate of drug-likeness (QED) is 0.592. The van der Waals surface area contributed by atoms with Crippen molar-refractivity contribution >= 4 is 0 Å². The first-order valence-corrected chi connectivity index (χ1v) is 5.35. The number of rotatable bonds is 8. The van der Waals surface area contributed by atoms with Crippen LogP contribution in [0.15, 0.2) is 0 Å². The lowest BCUT2D eigenvalue weighted by Crippen LogP contribution is -2.26. The van der Waals surface area contributed by atoms with Crippen molar-refractivity contribution in [2.45, 2.75) is 58.2 Å². The van der Waals surface area contributed by atoms with Crippen molar-refractivity contribution in [3.8, 4) is 0 Å². The van der Waals surface area contributed by atoms with Gasteiger partial charge in [0.05, 0.1) is 12.2 Å². The molecule has 0 rings (SSSR count). The van der Waals surface area contributed by atoms with Crippen LogP contribution < -0.4 is 0 Å². The molecule has 1 radical (unpaired) electrons. The van der Waals surface area contributed by atoms with E-state index < -0.39 is 6.10 Å². The van der Waals surface area contributed by atoms with Crippen LogP contribution in [0.3, 0.4) is 0 Å². The van der Waals surface area contributed by atoms with Crippen LogP contribution in [0.2, 0.25) is 0 Å². The summed E-state index contributed by atoms with van der Waals surface area (Å²) >= 11 is 0. The summed E-state index contributed by atoms with van der Waals surface area (Å²) in [6.07, 6.45) is 5.00. The van der Waals surface area contributed by atoms with Gasteiger partial charge in [-0.2, -0.15) is 0 Å². The van der Waals surface area contributed by atoms with Gasteiger partial charge in [-0.1, -0.05) is 33.1 Å². The first-order chi connectivity index (χ1) is 6.22. The zero-order chi connectivity index (χ0) is 10.1. The Kier molecular flexibility index (Phi) is 8.46. The normalized spacial score (nSPS) is 15.7. The van der Waals surface area contributed by atoms with Gasteiger partial charge in [0.1, 0.15) is 0 Å². The molecule has 0 aliphatic rings. The summed E-state index contributed by atoms with van der Waals surface area (Å²) in [6, 6.07) is 0. The highest BCUT2D eigenvalue weighted by atomic mass is 16.5. The molecular formula is C11H23O2. The third kappa shape index (κ3) is 7.03. The summed E-state index contributed by atoms with van der Waals surface area (Å²) in [5, 5.41) is 9.18. The lowest BCUT2D eigenvalue weighted by atomic mass is 10.2. The molecular weight excluding hydrogens is 164 g/mol. The minimum absolute atomic E-state index is 0.0818. The van der Waals surface area contributed by atoms with E-state index in [0.29, 0.717) is 0 Å². The van der Waals surface area contributed by atoms with E-state index in [2.05, 4.69) is 13.8 Å². The highest BCUT2D eigenvalue weighted by molar-refractivity contribution is 4.68. The zero-order valence-corrected chi connectivity index (χ0v) is 8.96. The highest BCUT2D eigenvalue weighted by Gasteiger charge is 2.11. The second-order valence-corrected chi connectivity index (χ2v) is 3.45. The van der Waals surface area contributed by atoms with E-state index in [-0.39, 0.29) is 6.10 Å². The van der Waals surface area contributed by atoms with Gasteiger partial charge < -0.3 is 9.84 Å². The average Bonchev–Trinajstić information content (AvgIpc) is 2.10. The Morgan fingerprint density at radius 3 is 2.38 bits per heavy atom. The summed E-state index contributed by atoms with van der Waals surface area (Å²) in [4.78, 5) is 0. The molecule has 2 atom stereocenters. The molecule has 0 spiro atoms. The van der Waals surface area contributed by atoms with Gasteiger partial charge in [0.25, 0.3) is 0 Å². The van der Waals surface area contributed by atoms with Crippen molar-refractivity contribution in [2.24, 2.45) is 0 Å². The Morgan fingerprint density at radius 2 is 1.92 bits per heavy atom. The van der Waals surface area contributed by atoms with Crippen LogP contribution >= 0.6 is 0 Å². The van der Waals surface area contributed by atoms with Crippen LogP contribution in [-0.2, 0) is 4.74 Å². The van der Waals surface area contributed by atoms with Gasteiger partial charge in [-0.05, 0) is 19.8 Å². The second kappa shape index (κ2) is 8.52. The monoisotopic (exact) mass is 187 g/mol. The Morgan fingerprint density at radius 1 is 1.23 bits per heavy atom. The summed E-state index contributed by atoms with van der Waals surface area (Å²) < 4.78 is 5.49. The average molecular weight is 187 g/mol. The standard InChI is InChI=1S/C11H23O2/c1-4-6-7-8-9-13-11(5-2)10(3)12/h10-12H,3-9H2,1-2H3. The smallest absolute Gasteiger partial charge is 0.0831 e. The molecule has 0 aliphatic carbocycles. The molecule has 1 N–H and O–H groups in total. The second-order valence-electron chi connectivity index (χ2n) is 3.45. The maximum absolute atomic E-state index is 9.18. The summed E-state index contributed by atoms with van der Waals surface area (Å²) in [7, 11) is 0. The van der Waals surface area contributed by atoms with Crippen LogP contribution in [0.1, 0.15) is 46.0 Å². The molecule has 0 aromatic heterocycles. The van der Waals surface area contributed by atoms with Crippen LogP contribution in [0, 0.1) is 6.92 Å². The SMILES string of the molecule is [CH2]C(O)C(CC)OCCCCCC. The van der Waals surface area contributed by atoms with Crippen molar-refractivity contribution in [2.75, 3.05) is 6.61 Å². The van der Waals surface area contributed by atoms with Crippen LogP contribution in [0.4, 0.5) is 0 Å². The molecule has 0 saturated heterocycles. The molecule has 0 aliphatic heterocycles. The summed E-state index contributed by atoms with van der Waals surface area (Å²) in [5.41, 5.74) is 0. The van der Waals surface area contributed by atoms with Crippen molar-refractivity contribution in [3.63, 3.8) is 0 Å². The zero-order valence-electron chi connectivity index (χ0n) is 8.96. The number of unbranched alkanes of at least 4 members (excludes halogenated alkanes) is 3. The van der Waals surface area contributed by atoms with E-state index in [1.54, 1.807) is 0 Å². The van der Waals surface area contributed by atoms with Crippen LogP contribution in [0.5, 0.6) is 0 Å². The number of ether oxygens (including phenoxy) is 1. The fourth-order valence-corrected chi connectivity index (χ4v) is 1.26. The Hall–Kier alpha value is -0.0800.